The molecule has 1 unspecified atom stereocenters. The van der Waals surface area contributed by atoms with Crippen LogP contribution >= 0.6 is 0 Å². The van der Waals surface area contributed by atoms with Crippen LogP contribution in [0.2, 0.25) is 0 Å². The standard InChI is InChI=1S/C22H28N4O3/c1-6-11-25(12-7-2)22(28)18(5)23-21(27)19-10-13-26(24-19)15-29-20-9-8-16(3)14-17(20)4/h6-10,13-14,18H,1-2,11-12,15H2,3-5H3,(H,23,27). The highest BCUT2D eigenvalue weighted by atomic mass is 16.5. The van der Waals surface area contributed by atoms with Gasteiger partial charge in [0.1, 0.15) is 17.5 Å². The van der Waals surface area contributed by atoms with E-state index in [0.717, 1.165) is 16.9 Å². The normalized spacial score (nSPS) is 11.4. The number of nitrogens with zero attached hydrogens (tertiary/aromatic N) is 3. The topological polar surface area (TPSA) is 76.5 Å². The van der Waals surface area contributed by atoms with Gasteiger partial charge in [0, 0.05) is 19.3 Å². The lowest BCUT2D eigenvalue weighted by Crippen LogP contribution is -2.47. The van der Waals surface area contributed by atoms with Crippen molar-refractivity contribution in [3.05, 3.63) is 72.6 Å². The molecule has 7 heteroatoms. The van der Waals surface area contributed by atoms with E-state index in [4.69, 9.17) is 4.74 Å². The van der Waals surface area contributed by atoms with Crippen LogP contribution in [0.1, 0.15) is 28.5 Å². The number of ether oxygens (including phenoxy) is 1. The maximum absolute atomic E-state index is 12.5. The van der Waals surface area contributed by atoms with Crippen LogP contribution in [0.25, 0.3) is 0 Å². The minimum atomic E-state index is -0.695. The summed E-state index contributed by atoms with van der Waals surface area (Å²) in [4.78, 5) is 26.5. The van der Waals surface area contributed by atoms with Crippen molar-refractivity contribution in [1.82, 2.24) is 20.0 Å². The predicted octanol–water partition coefficient (Wildman–Crippen LogP) is 2.86. The summed E-state index contributed by atoms with van der Waals surface area (Å²) in [5, 5.41) is 6.91. The lowest BCUT2D eigenvalue weighted by molar-refractivity contribution is -0.131. The Hall–Kier alpha value is -3.35. The van der Waals surface area contributed by atoms with Gasteiger partial charge in [-0.3, -0.25) is 9.59 Å². The van der Waals surface area contributed by atoms with E-state index < -0.39 is 11.9 Å². The molecule has 1 aromatic heterocycles. The number of hydrogen-bond donors (Lipinski definition) is 1. The molecule has 1 atom stereocenters. The van der Waals surface area contributed by atoms with E-state index in [-0.39, 0.29) is 18.3 Å². The predicted molar refractivity (Wildman–Crippen MR) is 113 cm³/mol. The lowest BCUT2D eigenvalue weighted by Gasteiger charge is -2.23. The number of carbonyl (C=O) groups excluding carboxylic acids is 2. The molecular weight excluding hydrogens is 368 g/mol. The number of carbonyl (C=O) groups is 2. The van der Waals surface area contributed by atoms with Gasteiger partial charge >= 0.3 is 0 Å². The Morgan fingerprint density at radius 2 is 1.93 bits per heavy atom. The molecule has 2 aromatic rings. The molecule has 0 aliphatic rings. The third-order valence-electron chi connectivity index (χ3n) is 4.28. The first-order valence-electron chi connectivity index (χ1n) is 9.40. The van der Waals surface area contributed by atoms with Crippen LogP contribution in [0, 0.1) is 13.8 Å². The SMILES string of the molecule is C=CCN(CC=C)C(=O)C(C)NC(=O)c1ccn(COc2ccc(C)cc2C)n1. The Labute approximate surface area is 171 Å². The average molecular weight is 396 g/mol. The molecule has 1 heterocycles. The van der Waals surface area contributed by atoms with Crippen molar-refractivity contribution in [2.75, 3.05) is 13.1 Å². The summed E-state index contributed by atoms with van der Waals surface area (Å²) >= 11 is 0. The highest BCUT2D eigenvalue weighted by molar-refractivity contribution is 5.95. The summed E-state index contributed by atoms with van der Waals surface area (Å²) in [5.41, 5.74) is 2.41. The summed E-state index contributed by atoms with van der Waals surface area (Å²) in [5.74, 6) is 0.130. The van der Waals surface area contributed by atoms with Crippen molar-refractivity contribution < 1.29 is 14.3 Å². The minimum Gasteiger partial charge on any atom is -0.471 e. The Morgan fingerprint density at radius 3 is 2.55 bits per heavy atom. The third kappa shape index (κ3) is 6.07. The number of amides is 2. The van der Waals surface area contributed by atoms with Gasteiger partial charge in [0.05, 0.1) is 0 Å². The largest absolute Gasteiger partial charge is 0.471 e. The van der Waals surface area contributed by atoms with Crippen LogP contribution < -0.4 is 10.1 Å². The zero-order chi connectivity index (χ0) is 21.4. The average Bonchev–Trinajstić information content (AvgIpc) is 3.15. The summed E-state index contributed by atoms with van der Waals surface area (Å²) in [7, 11) is 0. The molecule has 0 aliphatic carbocycles. The van der Waals surface area contributed by atoms with E-state index >= 15 is 0 Å². The second-order valence-corrected chi connectivity index (χ2v) is 6.80. The van der Waals surface area contributed by atoms with E-state index in [0.29, 0.717) is 13.1 Å². The molecular formula is C22H28N4O3. The molecule has 2 amide bonds. The van der Waals surface area contributed by atoms with E-state index in [1.54, 1.807) is 36.2 Å². The smallest absolute Gasteiger partial charge is 0.272 e. The van der Waals surface area contributed by atoms with Gasteiger partial charge in [0.15, 0.2) is 6.73 Å². The summed E-state index contributed by atoms with van der Waals surface area (Å²) in [6, 6.07) is 6.82. The maximum atomic E-state index is 12.5. The second-order valence-electron chi connectivity index (χ2n) is 6.80. The number of nitrogens with one attached hydrogen (secondary N) is 1. The maximum Gasteiger partial charge on any atom is 0.272 e. The fourth-order valence-electron chi connectivity index (χ4n) is 2.82. The Kier molecular flexibility index (Phi) is 7.77. The Balaban J connectivity index is 1.95. The van der Waals surface area contributed by atoms with E-state index in [1.165, 1.54) is 4.68 Å². The van der Waals surface area contributed by atoms with Crippen LogP contribution in [-0.2, 0) is 11.5 Å². The molecule has 0 radical (unpaired) electrons. The molecule has 29 heavy (non-hydrogen) atoms. The van der Waals surface area contributed by atoms with Crippen LogP contribution in [-0.4, -0.2) is 45.6 Å². The van der Waals surface area contributed by atoms with E-state index in [9.17, 15) is 9.59 Å². The van der Waals surface area contributed by atoms with Crippen molar-refractivity contribution in [3.63, 3.8) is 0 Å². The van der Waals surface area contributed by atoms with E-state index in [1.807, 2.05) is 32.0 Å². The van der Waals surface area contributed by atoms with Crippen LogP contribution in [0.3, 0.4) is 0 Å². The zero-order valence-electron chi connectivity index (χ0n) is 17.2. The van der Waals surface area contributed by atoms with Gasteiger partial charge in [-0.05, 0) is 38.5 Å². The summed E-state index contributed by atoms with van der Waals surface area (Å²) in [6.07, 6.45) is 4.92. The first kappa shape index (κ1) is 21.9. The first-order chi connectivity index (χ1) is 13.8. The number of benzene rings is 1. The first-order valence-corrected chi connectivity index (χ1v) is 9.40. The molecule has 0 spiro atoms. The molecule has 0 saturated heterocycles. The monoisotopic (exact) mass is 396 g/mol. The van der Waals surface area contributed by atoms with Crippen molar-refractivity contribution in [2.45, 2.75) is 33.5 Å². The Bertz CT molecular complexity index is 878. The van der Waals surface area contributed by atoms with Gasteiger partial charge in [-0.2, -0.15) is 5.10 Å². The molecule has 1 aromatic carbocycles. The number of aryl methyl sites for hydroxylation is 2. The molecule has 0 aliphatic heterocycles. The van der Waals surface area contributed by atoms with Crippen molar-refractivity contribution in [1.29, 1.82) is 0 Å². The van der Waals surface area contributed by atoms with Gasteiger partial charge in [-0.15, -0.1) is 13.2 Å². The number of hydrogen-bond acceptors (Lipinski definition) is 4. The molecule has 1 N–H and O–H groups in total. The fourth-order valence-corrected chi connectivity index (χ4v) is 2.82. The molecule has 7 nitrogen and oxygen atoms in total. The van der Waals surface area contributed by atoms with Gasteiger partial charge in [-0.1, -0.05) is 29.8 Å². The highest BCUT2D eigenvalue weighted by Gasteiger charge is 2.22. The molecule has 2 rings (SSSR count). The fraction of sp³-hybridized carbons (Fsp3) is 0.318. The summed E-state index contributed by atoms with van der Waals surface area (Å²) in [6.45, 7) is 13.9. The van der Waals surface area contributed by atoms with Gasteiger partial charge < -0.3 is 15.0 Å². The van der Waals surface area contributed by atoms with E-state index in [2.05, 4.69) is 23.6 Å². The van der Waals surface area contributed by atoms with Gasteiger partial charge in [0.25, 0.3) is 5.91 Å². The number of aromatic nitrogens is 2. The van der Waals surface area contributed by atoms with Crippen LogP contribution in [0.5, 0.6) is 5.75 Å². The highest BCUT2D eigenvalue weighted by Crippen LogP contribution is 2.19. The number of rotatable bonds is 10. The molecule has 0 bridgehead atoms. The Morgan fingerprint density at radius 1 is 1.24 bits per heavy atom. The molecule has 0 fully saturated rings. The third-order valence-corrected chi connectivity index (χ3v) is 4.28. The van der Waals surface area contributed by atoms with Crippen LogP contribution in [0.4, 0.5) is 0 Å². The zero-order valence-corrected chi connectivity index (χ0v) is 17.2. The lowest BCUT2D eigenvalue weighted by atomic mass is 10.1. The molecule has 154 valence electrons. The summed E-state index contributed by atoms with van der Waals surface area (Å²) < 4.78 is 7.29. The van der Waals surface area contributed by atoms with Crippen molar-refractivity contribution in [2.24, 2.45) is 0 Å². The van der Waals surface area contributed by atoms with Crippen molar-refractivity contribution >= 4 is 11.8 Å². The molecule has 0 saturated carbocycles. The van der Waals surface area contributed by atoms with Gasteiger partial charge in [0.2, 0.25) is 5.91 Å². The van der Waals surface area contributed by atoms with Crippen molar-refractivity contribution in [3.8, 4) is 5.75 Å². The van der Waals surface area contributed by atoms with Gasteiger partial charge in [-0.25, -0.2) is 4.68 Å². The van der Waals surface area contributed by atoms with Crippen LogP contribution in [0.15, 0.2) is 55.8 Å². The minimum absolute atomic E-state index is 0.179. The quantitative estimate of drug-likeness (QED) is 0.627. The second kappa shape index (κ2) is 10.3.